The first-order valence-electron chi connectivity index (χ1n) is 6.12. The molecule has 1 atom stereocenters. The molecular formula is C12H21N3O2. The van der Waals surface area contributed by atoms with E-state index >= 15 is 0 Å². The van der Waals surface area contributed by atoms with Crippen LogP contribution in [0.4, 0.5) is 0 Å². The number of piperidine rings is 1. The number of amides is 1. The fourth-order valence-corrected chi connectivity index (χ4v) is 2.02. The van der Waals surface area contributed by atoms with Crippen LogP contribution in [-0.4, -0.2) is 50.2 Å². The Kier molecular flexibility index (Phi) is 5.95. The van der Waals surface area contributed by atoms with Crippen molar-refractivity contribution in [3.8, 4) is 6.07 Å². The molecule has 0 aromatic rings. The highest BCUT2D eigenvalue weighted by Gasteiger charge is 2.23. The lowest BCUT2D eigenvalue weighted by Crippen LogP contribution is -2.40. The van der Waals surface area contributed by atoms with E-state index in [2.05, 4.69) is 10.2 Å². The molecule has 1 heterocycles. The van der Waals surface area contributed by atoms with Gasteiger partial charge in [0.05, 0.1) is 12.7 Å². The average Bonchev–Trinajstić information content (AvgIpc) is 2.38. The Balaban J connectivity index is 2.15. The first-order valence-corrected chi connectivity index (χ1v) is 6.12. The van der Waals surface area contributed by atoms with Gasteiger partial charge in [0.25, 0.3) is 0 Å². The molecule has 1 fully saturated rings. The topological polar surface area (TPSA) is 65.4 Å². The van der Waals surface area contributed by atoms with Crippen LogP contribution in [0, 0.1) is 17.2 Å². The molecule has 1 aliphatic heterocycles. The van der Waals surface area contributed by atoms with Crippen molar-refractivity contribution in [1.29, 1.82) is 5.26 Å². The number of nitrogens with one attached hydrogen (secondary N) is 1. The number of nitrogens with zero attached hydrogens (tertiary/aromatic N) is 2. The van der Waals surface area contributed by atoms with E-state index in [1.54, 1.807) is 14.0 Å². The second kappa shape index (κ2) is 7.25. The predicted molar refractivity (Wildman–Crippen MR) is 64.3 cm³/mol. The van der Waals surface area contributed by atoms with Crippen molar-refractivity contribution in [2.45, 2.75) is 25.9 Å². The Hall–Kier alpha value is -1.12. The normalized spacial score (nSPS) is 19.6. The molecule has 96 valence electrons. The summed E-state index contributed by atoms with van der Waals surface area (Å²) < 4.78 is 5.31. The molecule has 0 saturated carbocycles. The van der Waals surface area contributed by atoms with Crippen LogP contribution in [0.1, 0.15) is 19.8 Å². The fraction of sp³-hybridized carbons (Fsp3) is 0.833. The van der Waals surface area contributed by atoms with Crippen LogP contribution in [0.25, 0.3) is 0 Å². The van der Waals surface area contributed by atoms with Gasteiger partial charge in [0.15, 0.2) is 0 Å². The largest absolute Gasteiger partial charge is 0.362 e. The molecule has 1 aliphatic rings. The Morgan fingerprint density at radius 3 is 2.76 bits per heavy atom. The lowest BCUT2D eigenvalue weighted by Gasteiger charge is -2.30. The molecular weight excluding hydrogens is 218 g/mol. The number of carbonyl (C=O) groups is 1. The molecule has 1 rings (SSSR count). The molecule has 0 bridgehead atoms. The van der Waals surface area contributed by atoms with Gasteiger partial charge in [0.1, 0.15) is 6.10 Å². The first-order chi connectivity index (χ1) is 8.17. The number of likely N-dealkylation sites (tertiary alicyclic amines) is 1. The molecule has 0 aromatic carbocycles. The van der Waals surface area contributed by atoms with Crippen LogP contribution in [0.15, 0.2) is 0 Å². The van der Waals surface area contributed by atoms with Crippen LogP contribution in [-0.2, 0) is 9.53 Å². The van der Waals surface area contributed by atoms with Gasteiger partial charge in [-0.25, -0.2) is 0 Å². The zero-order valence-corrected chi connectivity index (χ0v) is 10.6. The van der Waals surface area contributed by atoms with E-state index in [1.165, 1.54) is 0 Å². The van der Waals surface area contributed by atoms with Gasteiger partial charge in [-0.3, -0.25) is 4.79 Å². The summed E-state index contributed by atoms with van der Waals surface area (Å²) in [6.07, 6.45) is 1.49. The van der Waals surface area contributed by atoms with E-state index < -0.39 is 0 Å². The van der Waals surface area contributed by atoms with Crippen molar-refractivity contribution in [2.75, 3.05) is 33.3 Å². The second-order valence-corrected chi connectivity index (χ2v) is 4.37. The van der Waals surface area contributed by atoms with Crippen molar-refractivity contribution in [1.82, 2.24) is 10.2 Å². The van der Waals surface area contributed by atoms with Gasteiger partial charge < -0.3 is 15.0 Å². The maximum absolute atomic E-state index is 11.4. The summed E-state index contributed by atoms with van der Waals surface area (Å²) in [6, 6.07) is 2.04. The monoisotopic (exact) mass is 239 g/mol. The Bertz CT molecular complexity index is 280. The first kappa shape index (κ1) is 13.9. The number of hydrogen-bond acceptors (Lipinski definition) is 4. The van der Waals surface area contributed by atoms with Gasteiger partial charge >= 0.3 is 0 Å². The van der Waals surface area contributed by atoms with Gasteiger partial charge in [-0.2, -0.15) is 5.26 Å². The van der Waals surface area contributed by atoms with Gasteiger partial charge in [0.2, 0.25) is 5.91 Å². The van der Waals surface area contributed by atoms with Crippen molar-refractivity contribution >= 4 is 5.91 Å². The molecule has 0 aromatic heterocycles. The van der Waals surface area contributed by atoms with Crippen molar-refractivity contribution in [2.24, 2.45) is 5.92 Å². The molecule has 5 nitrogen and oxygen atoms in total. The van der Waals surface area contributed by atoms with E-state index in [0.29, 0.717) is 6.61 Å². The van der Waals surface area contributed by atoms with Gasteiger partial charge in [-0.05, 0) is 32.9 Å². The fourth-order valence-electron chi connectivity index (χ4n) is 2.02. The number of ether oxygens (including phenoxy) is 1. The minimum absolute atomic E-state index is 0.152. The molecule has 0 radical (unpaired) electrons. The summed E-state index contributed by atoms with van der Waals surface area (Å²) in [7, 11) is 1.69. The maximum atomic E-state index is 11.4. The summed E-state index contributed by atoms with van der Waals surface area (Å²) in [5.74, 6) is 0.314. The third-order valence-corrected chi connectivity index (χ3v) is 3.16. The van der Waals surface area contributed by atoms with E-state index in [1.807, 2.05) is 6.07 Å². The summed E-state index contributed by atoms with van der Waals surface area (Å²) in [5, 5.41) is 11.3. The molecule has 17 heavy (non-hydrogen) atoms. The molecule has 1 saturated heterocycles. The van der Waals surface area contributed by atoms with Crippen molar-refractivity contribution in [3.05, 3.63) is 0 Å². The predicted octanol–water partition coefficient (Wildman–Crippen LogP) is 0.373. The van der Waals surface area contributed by atoms with E-state index in [0.717, 1.165) is 32.5 Å². The third-order valence-electron chi connectivity index (χ3n) is 3.16. The van der Waals surface area contributed by atoms with Crippen LogP contribution < -0.4 is 5.32 Å². The smallest absolute Gasteiger partial charge is 0.222 e. The highest BCUT2D eigenvalue weighted by atomic mass is 16.5. The van der Waals surface area contributed by atoms with E-state index in [-0.39, 0.29) is 17.9 Å². The molecule has 0 spiro atoms. The quantitative estimate of drug-likeness (QED) is 0.753. The summed E-state index contributed by atoms with van der Waals surface area (Å²) in [4.78, 5) is 13.7. The molecule has 1 unspecified atom stereocenters. The van der Waals surface area contributed by atoms with E-state index in [9.17, 15) is 4.79 Å². The highest BCUT2D eigenvalue weighted by molar-refractivity contribution is 5.78. The van der Waals surface area contributed by atoms with Crippen LogP contribution >= 0.6 is 0 Å². The zero-order chi connectivity index (χ0) is 12.7. The number of hydrogen-bond donors (Lipinski definition) is 1. The summed E-state index contributed by atoms with van der Waals surface area (Å²) >= 11 is 0. The molecule has 1 N–H and O–H groups in total. The third kappa shape index (κ3) is 4.72. The Labute approximate surface area is 103 Å². The minimum atomic E-state index is -0.335. The molecule has 1 amide bonds. The van der Waals surface area contributed by atoms with Crippen LogP contribution in [0.2, 0.25) is 0 Å². The number of carbonyl (C=O) groups excluding carboxylic acids is 1. The summed E-state index contributed by atoms with van der Waals surface area (Å²) in [6.45, 7) is 5.04. The zero-order valence-electron chi connectivity index (χ0n) is 10.6. The Morgan fingerprint density at radius 1 is 1.59 bits per heavy atom. The standard InChI is InChI=1S/C12H21N3O2/c1-10(9-13)17-8-7-15-5-3-11(4-6-15)12(16)14-2/h10-11H,3-8H2,1-2H3,(H,14,16). The molecule has 0 aliphatic carbocycles. The lowest BCUT2D eigenvalue weighted by molar-refractivity contribution is -0.125. The number of rotatable bonds is 5. The van der Waals surface area contributed by atoms with Crippen molar-refractivity contribution < 1.29 is 9.53 Å². The van der Waals surface area contributed by atoms with E-state index in [4.69, 9.17) is 10.00 Å². The average molecular weight is 239 g/mol. The van der Waals surface area contributed by atoms with Gasteiger partial charge in [0, 0.05) is 19.5 Å². The molecule has 5 heteroatoms. The van der Waals surface area contributed by atoms with Gasteiger partial charge in [-0.1, -0.05) is 0 Å². The lowest BCUT2D eigenvalue weighted by atomic mass is 9.96. The van der Waals surface area contributed by atoms with Gasteiger partial charge in [-0.15, -0.1) is 0 Å². The second-order valence-electron chi connectivity index (χ2n) is 4.37. The van der Waals surface area contributed by atoms with Crippen molar-refractivity contribution in [3.63, 3.8) is 0 Å². The Morgan fingerprint density at radius 2 is 2.24 bits per heavy atom. The van der Waals surface area contributed by atoms with Crippen LogP contribution in [0.5, 0.6) is 0 Å². The minimum Gasteiger partial charge on any atom is -0.362 e. The SMILES string of the molecule is CNC(=O)C1CCN(CCOC(C)C#N)CC1. The van der Waals surface area contributed by atoms with Crippen LogP contribution in [0.3, 0.4) is 0 Å². The number of nitriles is 1. The maximum Gasteiger partial charge on any atom is 0.222 e. The highest BCUT2D eigenvalue weighted by Crippen LogP contribution is 2.16. The summed E-state index contributed by atoms with van der Waals surface area (Å²) in [5.41, 5.74) is 0.